The van der Waals surface area contributed by atoms with E-state index in [1.54, 1.807) is 4.68 Å². The first-order valence-corrected chi connectivity index (χ1v) is 11.9. The van der Waals surface area contributed by atoms with Gasteiger partial charge in [0.05, 0.1) is 11.4 Å². The Morgan fingerprint density at radius 1 is 1.17 bits per heavy atom. The molecule has 154 valence electrons. The SMILES string of the molecule is CC[C@H](NC(=O)CSc1nnnn1-c1ccccc1)C12CC3CC(CC(C3)C1)C2. The maximum absolute atomic E-state index is 12.8. The first-order valence-electron chi connectivity index (χ1n) is 10.9. The molecule has 0 radical (unpaired) electrons. The number of nitrogens with zero attached hydrogens (tertiary/aromatic N) is 4. The van der Waals surface area contributed by atoms with Gasteiger partial charge in [-0.3, -0.25) is 4.79 Å². The molecule has 1 aromatic heterocycles. The molecule has 4 saturated carbocycles. The summed E-state index contributed by atoms with van der Waals surface area (Å²) in [6.07, 6.45) is 9.26. The summed E-state index contributed by atoms with van der Waals surface area (Å²) in [6, 6.07) is 10.1. The first kappa shape index (κ1) is 19.1. The second-order valence-corrected chi connectivity index (χ2v) is 10.2. The molecule has 4 fully saturated rings. The molecule has 7 heteroatoms. The van der Waals surface area contributed by atoms with Gasteiger partial charge in [0.2, 0.25) is 11.1 Å². The smallest absolute Gasteiger partial charge is 0.230 e. The van der Waals surface area contributed by atoms with Gasteiger partial charge in [-0.25, -0.2) is 0 Å². The van der Waals surface area contributed by atoms with Crippen molar-refractivity contribution in [3.05, 3.63) is 30.3 Å². The molecule has 4 bridgehead atoms. The number of rotatable bonds is 7. The van der Waals surface area contributed by atoms with Crippen molar-refractivity contribution in [1.29, 1.82) is 0 Å². The van der Waals surface area contributed by atoms with Gasteiger partial charge in [0.15, 0.2) is 0 Å². The number of aromatic nitrogens is 4. The summed E-state index contributed by atoms with van der Waals surface area (Å²) in [5, 5.41) is 16.0. The molecule has 1 aromatic carbocycles. The number of hydrogen-bond donors (Lipinski definition) is 1. The molecule has 0 aliphatic heterocycles. The van der Waals surface area contributed by atoms with Crippen molar-refractivity contribution in [2.45, 2.75) is 63.1 Å². The van der Waals surface area contributed by atoms with Crippen LogP contribution in [0.25, 0.3) is 5.69 Å². The third-order valence-corrected chi connectivity index (χ3v) is 8.26. The average molecular weight is 412 g/mol. The van der Waals surface area contributed by atoms with E-state index < -0.39 is 0 Å². The molecule has 4 aliphatic rings. The molecule has 6 rings (SSSR count). The molecule has 0 saturated heterocycles. The maximum atomic E-state index is 12.8. The van der Waals surface area contributed by atoms with Gasteiger partial charge in [0.25, 0.3) is 0 Å². The molecule has 2 aromatic rings. The summed E-state index contributed by atoms with van der Waals surface area (Å²) < 4.78 is 1.69. The van der Waals surface area contributed by atoms with Crippen LogP contribution in [0.4, 0.5) is 0 Å². The lowest BCUT2D eigenvalue weighted by atomic mass is 9.47. The van der Waals surface area contributed by atoms with E-state index in [0.717, 1.165) is 29.9 Å². The van der Waals surface area contributed by atoms with Crippen molar-refractivity contribution < 1.29 is 4.79 Å². The highest BCUT2D eigenvalue weighted by Crippen LogP contribution is 2.61. The van der Waals surface area contributed by atoms with Gasteiger partial charge >= 0.3 is 0 Å². The van der Waals surface area contributed by atoms with Crippen molar-refractivity contribution in [3.63, 3.8) is 0 Å². The number of carbonyl (C=O) groups is 1. The van der Waals surface area contributed by atoms with Gasteiger partial charge in [-0.05, 0) is 90.7 Å². The van der Waals surface area contributed by atoms with Crippen molar-refractivity contribution >= 4 is 17.7 Å². The Morgan fingerprint density at radius 3 is 2.45 bits per heavy atom. The third-order valence-electron chi connectivity index (χ3n) is 7.34. The highest BCUT2D eigenvalue weighted by molar-refractivity contribution is 7.99. The Labute approximate surface area is 176 Å². The first-order chi connectivity index (χ1) is 14.1. The summed E-state index contributed by atoms with van der Waals surface area (Å²) >= 11 is 1.40. The highest BCUT2D eigenvalue weighted by Gasteiger charge is 2.53. The van der Waals surface area contributed by atoms with E-state index in [1.165, 1.54) is 50.3 Å². The molecule has 1 N–H and O–H groups in total. The predicted molar refractivity (Wildman–Crippen MR) is 113 cm³/mol. The van der Waals surface area contributed by atoms with Crippen molar-refractivity contribution in [1.82, 2.24) is 25.5 Å². The predicted octanol–water partition coefficient (Wildman–Crippen LogP) is 3.87. The van der Waals surface area contributed by atoms with Crippen LogP contribution in [0.5, 0.6) is 0 Å². The molecule has 29 heavy (non-hydrogen) atoms. The van der Waals surface area contributed by atoms with Crippen molar-refractivity contribution in [2.24, 2.45) is 23.2 Å². The van der Waals surface area contributed by atoms with Crippen LogP contribution in [0.2, 0.25) is 0 Å². The number of hydrogen-bond acceptors (Lipinski definition) is 5. The summed E-state index contributed by atoms with van der Waals surface area (Å²) in [5.74, 6) is 3.14. The number of benzene rings is 1. The van der Waals surface area contributed by atoms with Crippen LogP contribution < -0.4 is 5.32 Å². The van der Waals surface area contributed by atoms with E-state index in [2.05, 4.69) is 27.8 Å². The van der Waals surface area contributed by atoms with Crippen LogP contribution in [0, 0.1) is 23.2 Å². The van der Waals surface area contributed by atoms with Crippen LogP contribution in [-0.2, 0) is 4.79 Å². The van der Waals surface area contributed by atoms with Crippen LogP contribution in [0.15, 0.2) is 35.5 Å². The normalized spacial score (nSPS) is 31.0. The van der Waals surface area contributed by atoms with Gasteiger partial charge in [0.1, 0.15) is 0 Å². The van der Waals surface area contributed by atoms with E-state index in [1.807, 2.05) is 30.3 Å². The van der Waals surface area contributed by atoms with E-state index in [9.17, 15) is 4.79 Å². The van der Waals surface area contributed by atoms with Crippen molar-refractivity contribution in [3.8, 4) is 5.69 Å². The molecule has 0 spiro atoms. The van der Waals surface area contributed by atoms with E-state index in [0.29, 0.717) is 22.4 Å². The van der Waals surface area contributed by atoms with Gasteiger partial charge in [-0.2, -0.15) is 4.68 Å². The minimum Gasteiger partial charge on any atom is -0.352 e. The lowest BCUT2D eigenvalue weighted by Gasteiger charge is -2.59. The molecule has 1 amide bonds. The van der Waals surface area contributed by atoms with Crippen LogP contribution in [-0.4, -0.2) is 37.9 Å². The fourth-order valence-electron chi connectivity index (χ4n) is 6.66. The molecule has 0 unspecified atom stereocenters. The molecule has 1 atom stereocenters. The Balaban J connectivity index is 1.23. The summed E-state index contributed by atoms with van der Waals surface area (Å²) in [6.45, 7) is 2.23. The number of tetrazole rings is 1. The second-order valence-electron chi connectivity index (χ2n) is 9.31. The Hall–Kier alpha value is -1.89. The fraction of sp³-hybridized carbons (Fsp3) is 0.636. The number of amides is 1. The summed E-state index contributed by atoms with van der Waals surface area (Å²) in [4.78, 5) is 12.8. The molecular formula is C22H29N5OS. The van der Waals surface area contributed by atoms with Gasteiger partial charge < -0.3 is 5.32 Å². The van der Waals surface area contributed by atoms with Crippen molar-refractivity contribution in [2.75, 3.05) is 5.75 Å². The van der Waals surface area contributed by atoms with Crippen LogP contribution in [0.1, 0.15) is 51.9 Å². The van der Waals surface area contributed by atoms with Gasteiger partial charge in [-0.1, -0.05) is 36.9 Å². The molecule has 6 nitrogen and oxygen atoms in total. The minimum absolute atomic E-state index is 0.0974. The number of thioether (sulfide) groups is 1. The number of nitrogens with one attached hydrogen (secondary N) is 1. The second kappa shape index (κ2) is 7.74. The standard InChI is InChI=1S/C22H29N5OS/c1-2-19(22-11-15-8-16(12-22)10-17(9-15)13-22)23-20(28)14-29-21-24-25-26-27(21)18-6-4-3-5-7-18/h3-7,15-17,19H,2,8-14H2,1H3,(H,23,28)/t15?,16?,17?,19-,22?/m0/s1. The zero-order valence-electron chi connectivity index (χ0n) is 17.0. The Kier molecular flexibility index (Phi) is 5.10. The fourth-order valence-corrected chi connectivity index (χ4v) is 7.36. The largest absolute Gasteiger partial charge is 0.352 e. The van der Waals surface area contributed by atoms with Gasteiger partial charge in [0, 0.05) is 6.04 Å². The van der Waals surface area contributed by atoms with Crippen LogP contribution >= 0.6 is 11.8 Å². The zero-order chi connectivity index (χ0) is 19.8. The number of para-hydroxylation sites is 1. The third kappa shape index (κ3) is 3.69. The minimum atomic E-state index is 0.0974. The Bertz CT molecular complexity index is 832. The lowest BCUT2D eigenvalue weighted by molar-refractivity contribution is -0.124. The van der Waals surface area contributed by atoms with Crippen LogP contribution in [0.3, 0.4) is 0 Å². The number of carbonyl (C=O) groups excluding carboxylic acids is 1. The van der Waals surface area contributed by atoms with E-state index in [4.69, 9.17) is 0 Å². The van der Waals surface area contributed by atoms with E-state index in [-0.39, 0.29) is 5.91 Å². The average Bonchev–Trinajstić information content (AvgIpc) is 3.18. The molecule has 4 aliphatic carbocycles. The highest BCUT2D eigenvalue weighted by atomic mass is 32.2. The topological polar surface area (TPSA) is 72.7 Å². The zero-order valence-corrected chi connectivity index (χ0v) is 17.8. The maximum Gasteiger partial charge on any atom is 0.230 e. The monoisotopic (exact) mass is 411 g/mol. The Morgan fingerprint density at radius 2 is 1.83 bits per heavy atom. The molecular weight excluding hydrogens is 382 g/mol. The quantitative estimate of drug-likeness (QED) is 0.700. The molecule has 1 heterocycles. The summed E-state index contributed by atoms with van der Waals surface area (Å²) in [5.41, 5.74) is 1.25. The summed E-state index contributed by atoms with van der Waals surface area (Å²) in [7, 11) is 0. The lowest BCUT2D eigenvalue weighted by Crippen LogP contribution is -2.57. The van der Waals surface area contributed by atoms with E-state index >= 15 is 0 Å². The van der Waals surface area contributed by atoms with Gasteiger partial charge in [-0.15, -0.1) is 5.10 Å².